The van der Waals surface area contributed by atoms with Gasteiger partial charge in [-0.2, -0.15) is 0 Å². The number of anilines is 1. The van der Waals surface area contributed by atoms with Gasteiger partial charge in [0.25, 0.3) is 5.91 Å². The summed E-state index contributed by atoms with van der Waals surface area (Å²) in [6.07, 6.45) is 0.791. The number of rotatable bonds is 8. The van der Waals surface area contributed by atoms with Crippen molar-refractivity contribution in [2.24, 2.45) is 0 Å². The summed E-state index contributed by atoms with van der Waals surface area (Å²) in [5, 5.41) is 14.7. The molecule has 166 valence electrons. The lowest BCUT2D eigenvalue weighted by Crippen LogP contribution is -2.37. The second-order valence-electron chi connectivity index (χ2n) is 7.36. The lowest BCUT2D eigenvalue weighted by molar-refractivity contribution is -0.121. The Hall–Kier alpha value is -3.58. The molecule has 7 heteroatoms. The molecule has 5 nitrogen and oxygen atoms in total. The van der Waals surface area contributed by atoms with Crippen LogP contribution in [0.25, 0.3) is 11.1 Å². The van der Waals surface area contributed by atoms with Crippen molar-refractivity contribution < 1.29 is 23.5 Å². The molecular weight excluding hydrogens is 414 g/mol. The van der Waals surface area contributed by atoms with Gasteiger partial charge >= 0.3 is 0 Å². The Bertz CT molecular complexity index is 1080. The summed E-state index contributed by atoms with van der Waals surface area (Å²) in [6, 6.07) is 16.2. The molecule has 0 aliphatic rings. The molecule has 2 amide bonds. The molecule has 0 radical (unpaired) electrons. The van der Waals surface area contributed by atoms with E-state index in [4.69, 9.17) is 0 Å². The zero-order valence-corrected chi connectivity index (χ0v) is 17.6. The van der Waals surface area contributed by atoms with Crippen molar-refractivity contribution in [2.45, 2.75) is 25.8 Å². The van der Waals surface area contributed by atoms with Gasteiger partial charge in [0.15, 0.2) is 0 Å². The summed E-state index contributed by atoms with van der Waals surface area (Å²) in [5.74, 6) is -2.03. The van der Waals surface area contributed by atoms with E-state index in [9.17, 15) is 23.5 Å². The maximum absolute atomic E-state index is 14.1. The predicted molar refractivity (Wildman–Crippen MR) is 119 cm³/mol. The summed E-state index contributed by atoms with van der Waals surface area (Å²) in [7, 11) is 0. The first-order chi connectivity index (χ1) is 15.4. The van der Waals surface area contributed by atoms with Crippen molar-refractivity contribution in [2.75, 3.05) is 11.9 Å². The first-order valence-electron chi connectivity index (χ1n) is 10.3. The lowest BCUT2D eigenvalue weighted by Gasteiger charge is -2.14. The third-order valence-corrected chi connectivity index (χ3v) is 5.03. The topological polar surface area (TPSA) is 78.4 Å². The Morgan fingerprint density at radius 3 is 2.25 bits per heavy atom. The van der Waals surface area contributed by atoms with Gasteiger partial charge in [-0.3, -0.25) is 9.59 Å². The standard InChI is InChI=1S/C25H24F2N2O3/c1-2-19(15-30)28-23(31)13-16-9-11-20(12-10-16)29-25(32)18-6-3-5-17(14-18)24-21(26)7-4-8-22(24)27/h3-12,14,19,30H,2,13,15H2,1H3,(H,28,31)(H,29,32). The molecule has 0 heterocycles. The maximum atomic E-state index is 14.1. The normalized spacial score (nSPS) is 11.6. The number of hydrogen-bond acceptors (Lipinski definition) is 3. The van der Waals surface area contributed by atoms with Gasteiger partial charge in [0.2, 0.25) is 5.91 Å². The van der Waals surface area contributed by atoms with E-state index in [0.29, 0.717) is 12.1 Å². The molecule has 3 N–H and O–H groups in total. The molecule has 0 aliphatic carbocycles. The highest BCUT2D eigenvalue weighted by atomic mass is 19.1. The van der Waals surface area contributed by atoms with Gasteiger partial charge in [0.05, 0.1) is 24.6 Å². The number of carbonyl (C=O) groups is 2. The molecule has 0 saturated heterocycles. The van der Waals surface area contributed by atoms with E-state index in [1.807, 2.05) is 6.92 Å². The van der Waals surface area contributed by atoms with Crippen molar-refractivity contribution >= 4 is 17.5 Å². The molecule has 0 saturated carbocycles. The summed E-state index contributed by atoms with van der Waals surface area (Å²) < 4.78 is 28.1. The number of aliphatic hydroxyl groups excluding tert-OH is 1. The Balaban J connectivity index is 1.67. The fraction of sp³-hybridized carbons (Fsp3) is 0.200. The van der Waals surface area contributed by atoms with E-state index >= 15 is 0 Å². The van der Waals surface area contributed by atoms with Crippen LogP contribution in [0.5, 0.6) is 0 Å². The molecule has 0 aliphatic heterocycles. The largest absolute Gasteiger partial charge is 0.394 e. The van der Waals surface area contributed by atoms with Gasteiger partial charge in [-0.15, -0.1) is 0 Å². The Morgan fingerprint density at radius 1 is 0.969 bits per heavy atom. The molecule has 32 heavy (non-hydrogen) atoms. The van der Waals surface area contributed by atoms with Gasteiger partial charge in [0, 0.05) is 11.3 Å². The number of halogens is 2. The first kappa shape index (κ1) is 23.1. The fourth-order valence-corrected chi connectivity index (χ4v) is 3.24. The van der Waals surface area contributed by atoms with Crippen molar-refractivity contribution in [1.29, 1.82) is 0 Å². The summed E-state index contributed by atoms with van der Waals surface area (Å²) >= 11 is 0. The molecule has 0 aromatic heterocycles. The third kappa shape index (κ3) is 5.76. The number of aliphatic hydroxyl groups is 1. The van der Waals surface area contributed by atoms with E-state index in [1.54, 1.807) is 36.4 Å². The monoisotopic (exact) mass is 438 g/mol. The van der Waals surface area contributed by atoms with Crippen LogP contribution in [0.15, 0.2) is 66.7 Å². The summed E-state index contributed by atoms with van der Waals surface area (Å²) in [5.41, 5.74) is 1.61. The zero-order valence-electron chi connectivity index (χ0n) is 17.6. The van der Waals surface area contributed by atoms with Crippen LogP contribution >= 0.6 is 0 Å². The number of amides is 2. The van der Waals surface area contributed by atoms with E-state index in [1.165, 1.54) is 30.3 Å². The zero-order chi connectivity index (χ0) is 23.1. The molecule has 3 rings (SSSR count). The molecule has 0 bridgehead atoms. The Kier molecular flexibility index (Phi) is 7.68. The SMILES string of the molecule is CCC(CO)NC(=O)Cc1ccc(NC(=O)c2cccc(-c3c(F)cccc3F)c2)cc1. The highest BCUT2D eigenvalue weighted by molar-refractivity contribution is 6.05. The second kappa shape index (κ2) is 10.6. The highest BCUT2D eigenvalue weighted by Gasteiger charge is 2.14. The van der Waals surface area contributed by atoms with Crippen LogP contribution < -0.4 is 10.6 Å². The molecule has 3 aromatic rings. The van der Waals surface area contributed by atoms with Gasteiger partial charge in [-0.1, -0.05) is 37.3 Å². The van der Waals surface area contributed by atoms with Crippen LogP contribution in [-0.2, 0) is 11.2 Å². The molecule has 3 aromatic carbocycles. The van der Waals surface area contributed by atoms with Crippen LogP contribution in [0.1, 0.15) is 29.3 Å². The quantitative estimate of drug-likeness (QED) is 0.490. The van der Waals surface area contributed by atoms with Crippen LogP contribution in [-0.4, -0.2) is 29.6 Å². The predicted octanol–water partition coefficient (Wildman–Crippen LogP) is 4.31. The average molecular weight is 438 g/mol. The van der Waals surface area contributed by atoms with Gasteiger partial charge in [-0.25, -0.2) is 8.78 Å². The van der Waals surface area contributed by atoms with E-state index in [2.05, 4.69) is 10.6 Å². The minimum Gasteiger partial charge on any atom is -0.394 e. The third-order valence-electron chi connectivity index (χ3n) is 5.03. The minimum atomic E-state index is -0.702. The fourth-order valence-electron chi connectivity index (χ4n) is 3.24. The second-order valence-corrected chi connectivity index (χ2v) is 7.36. The molecule has 0 fully saturated rings. The molecule has 1 atom stereocenters. The van der Waals surface area contributed by atoms with Gasteiger partial charge in [-0.05, 0) is 53.9 Å². The Morgan fingerprint density at radius 2 is 1.62 bits per heavy atom. The number of carbonyl (C=O) groups excluding carboxylic acids is 2. The van der Waals surface area contributed by atoms with Crippen LogP contribution in [0, 0.1) is 11.6 Å². The Labute approximate surface area is 185 Å². The van der Waals surface area contributed by atoms with E-state index in [0.717, 1.165) is 5.56 Å². The average Bonchev–Trinajstić information content (AvgIpc) is 2.79. The minimum absolute atomic E-state index is 0.113. The van der Waals surface area contributed by atoms with Crippen molar-refractivity contribution in [1.82, 2.24) is 5.32 Å². The first-order valence-corrected chi connectivity index (χ1v) is 10.3. The van der Waals surface area contributed by atoms with Crippen molar-refractivity contribution in [3.8, 4) is 11.1 Å². The van der Waals surface area contributed by atoms with Crippen LogP contribution in [0.2, 0.25) is 0 Å². The number of benzene rings is 3. The van der Waals surface area contributed by atoms with Gasteiger partial charge in [0.1, 0.15) is 11.6 Å². The van der Waals surface area contributed by atoms with Crippen LogP contribution in [0.3, 0.4) is 0 Å². The molecule has 1 unspecified atom stereocenters. The summed E-state index contributed by atoms with van der Waals surface area (Å²) in [6.45, 7) is 1.76. The highest BCUT2D eigenvalue weighted by Crippen LogP contribution is 2.27. The van der Waals surface area contributed by atoms with Crippen molar-refractivity contribution in [3.05, 3.63) is 89.5 Å². The van der Waals surface area contributed by atoms with Crippen LogP contribution in [0.4, 0.5) is 14.5 Å². The number of nitrogens with one attached hydrogen (secondary N) is 2. The van der Waals surface area contributed by atoms with Gasteiger partial charge < -0.3 is 15.7 Å². The lowest BCUT2D eigenvalue weighted by atomic mass is 10.0. The number of hydrogen-bond donors (Lipinski definition) is 3. The smallest absolute Gasteiger partial charge is 0.255 e. The van der Waals surface area contributed by atoms with E-state index < -0.39 is 17.5 Å². The molecular formula is C25H24F2N2O3. The van der Waals surface area contributed by atoms with E-state index in [-0.39, 0.29) is 41.7 Å². The van der Waals surface area contributed by atoms with Crippen molar-refractivity contribution in [3.63, 3.8) is 0 Å². The maximum Gasteiger partial charge on any atom is 0.255 e. The summed E-state index contributed by atoms with van der Waals surface area (Å²) in [4.78, 5) is 24.7. The molecule has 0 spiro atoms.